The molecule has 1 aromatic carbocycles. The summed E-state index contributed by atoms with van der Waals surface area (Å²) in [7, 11) is 0. The molecule has 0 aliphatic carbocycles. The first-order valence-electron chi connectivity index (χ1n) is 6.98. The van der Waals surface area contributed by atoms with Crippen LogP contribution in [0.3, 0.4) is 0 Å². The lowest BCUT2D eigenvalue weighted by Gasteiger charge is -2.11. The Morgan fingerprint density at radius 1 is 1.40 bits per heavy atom. The van der Waals surface area contributed by atoms with E-state index < -0.39 is 0 Å². The van der Waals surface area contributed by atoms with Crippen molar-refractivity contribution in [2.45, 2.75) is 37.1 Å². The van der Waals surface area contributed by atoms with Gasteiger partial charge in [-0.2, -0.15) is 0 Å². The summed E-state index contributed by atoms with van der Waals surface area (Å²) in [5.41, 5.74) is 1.21. The van der Waals surface area contributed by atoms with E-state index in [4.69, 9.17) is 0 Å². The zero-order valence-corrected chi connectivity index (χ0v) is 12.5. The Kier molecular flexibility index (Phi) is 5.47. The average molecular weight is 292 g/mol. The van der Waals surface area contributed by atoms with Crippen molar-refractivity contribution in [2.75, 3.05) is 12.3 Å². The molecule has 0 spiro atoms. The second kappa shape index (κ2) is 7.33. The molecule has 1 aliphatic heterocycles. The highest BCUT2D eigenvalue weighted by Gasteiger charge is 2.26. The van der Waals surface area contributed by atoms with Crippen LogP contribution >= 0.6 is 11.8 Å². The van der Waals surface area contributed by atoms with Gasteiger partial charge >= 0.3 is 0 Å². The summed E-state index contributed by atoms with van der Waals surface area (Å²) in [6, 6.07) is 8.08. The lowest BCUT2D eigenvalue weighted by atomic mass is 10.1. The SMILES string of the molecule is CCSc1ccc(CCNC(=O)C2CCC(=O)N2)cc1. The predicted octanol–water partition coefficient (Wildman–Crippen LogP) is 1.74. The van der Waals surface area contributed by atoms with E-state index in [0.717, 1.165) is 12.2 Å². The number of thioether (sulfide) groups is 1. The number of nitrogens with one attached hydrogen (secondary N) is 2. The number of benzene rings is 1. The first kappa shape index (κ1) is 14.9. The average Bonchev–Trinajstić information content (AvgIpc) is 2.88. The van der Waals surface area contributed by atoms with Gasteiger partial charge in [0.1, 0.15) is 6.04 Å². The minimum Gasteiger partial charge on any atom is -0.354 e. The van der Waals surface area contributed by atoms with Gasteiger partial charge in [0, 0.05) is 17.9 Å². The molecule has 1 unspecified atom stereocenters. The molecule has 0 saturated carbocycles. The molecule has 2 N–H and O–H groups in total. The number of carbonyl (C=O) groups is 2. The molecule has 1 fully saturated rings. The maximum absolute atomic E-state index is 11.8. The van der Waals surface area contributed by atoms with Gasteiger partial charge in [0.2, 0.25) is 11.8 Å². The molecule has 1 atom stereocenters. The maximum Gasteiger partial charge on any atom is 0.242 e. The van der Waals surface area contributed by atoms with Gasteiger partial charge in [-0.05, 0) is 36.3 Å². The Balaban J connectivity index is 1.72. The maximum atomic E-state index is 11.8. The van der Waals surface area contributed by atoms with E-state index in [0.29, 0.717) is 19.4 Å². The lowest BCUT2D eigenvalue weighted by Crippen LogP contribution is -2.42. The molecule has 1 aromatic rings. The van der Waals surface area contributed by atoms with Crippen molar-refractivity contribution < 1.29 is 9.59 Å². The molecule has 0 radical (unpaired) electrons. The fraction of sp³-hybridized carbons (Fsp3) is 0.467. The third-order valence-electron chi connectivity index (χ3n) is 3.26. The third kappa shape index (κ3) is 4.27. The molecule has 1 saturated heterocycles. The molecule has 20 heavy (non-hydrogen) atoms. The van der Waals surface area contributed by atoms with Gasteiger partial charge in [-0.1, -0.05) is 19.1 Å². The van der Waals surface area contributed by atoms with Crippen LogP contribution in [0.4, 0.5) is 0 Å². The van der Waals surface area contributed by atoms with Crippen molar-refractivity contribution in [2.24, 2.45) is 0 Å². The van der Waals surface area contributed by atoms with Gasteiger partial charge in [0.15, 0.2) is 0 Å². The minimum atomic E-state index is -0.342. The summed E-state index contributed by atoms with van der Waals surface area (Å²) in [4.78, 5) is 24.1. The normalized spacial score (nSPS) is 17.9. The molecule has 1 heterocycles. The van der Waals surface area contributed by atoms with Crippen LogP contribution in [0.2, 0.25) is 0 Å². The van der Waals surface area contributed by atoms with Crippen molar-refractivity contribution in [3.63, 3.8) is 0 Å². The summed E-state index contributed by atoms with van der Waals surface area (Å²) < 4.78 is 0. The molecule has 108 valence electrons. The smallest absolute Gasteiger partial charge is 0.242 e. The van der Waals surface area contributed by atoms with Crippen molar-refractivity contribution in [3.8, 4) is 0 Å². The van der Waals surface area contributed by atoms with E-state index in [9.17, 15) is 9.59 Å². The second-order valence-electron chi connectivity index (χ2n) is 4.78. The van der Waals surface area contributed by atoms with Crippen LogP contribution in [0.25, 0.3) is 0 Å². The van der Waals surface area contributed by atoms with E-state index in [1.54, 1.807) is 0 Å². The van der Waals surface area contributed by atoms with Crippen molar-refractivity contribution in [3.05, 3.63) is 29.8 Å². The second-order valence-corrected chi connectivity index (χ2v) is 6.11. The first-order chi connectivity index (χ1) is 9.69. The molecule has 2 rings (SSSR count). The summed E-state index contributed by atoms with van der Waals surface area (Å²) >= 11 is 1.82. The summed E-state index contributed by atoms with van der Waals surface area (Å²) in [6.07, 6.45) is 1.87. The van der Waals surface area contributed by atoms with E-state index in [1.165, 1.54) is 10.5 Å². The van der Waals surface area contributed by atoms with E-state index in [-0.39, 0.29) is 17.9 Å². The van der Waals surface area contributed by atoms with Crippen molar-refractivity contribution in [1.82, 2.24) is 10.6 Å². The lowest BCUT2D eigenvalue weighted by molar-refractivity contribution is -0.125. The number of rotatable bonds is 6. The van der Waals surface area contributed by atoms with Crippen LogP contribution in [-0.4, -0.2) is 30.2 Å². The van der Waals surface area contributed by atoms with Crippen LogP contribution < -0.4 is 10.6 Å². The molecular weight excluding hydrogens is 272 g/mol. The highest BCUT2D eigenvalue weighted by molar-refractivity contribution is 7.99. The number of amides is 2. The number of hydrogen-bond acceptors (Lipinski definition) is 3. The first-order valence-corrected chi connectivity index (χ1v) is 7.96. The van der Waals surface area contributed by atoms with Gasteiger partial charge in [-0.15, -0.1) is 11.8 Å². The van der Waals surface area contributed by atoms with Crippen LogP contribution in [0.15, 0.2) is 29.2 Å². The van der Waals surface area contributed by atoms with Crippen LogP contribution in [0.1, 0.15) is 25.3 Å². The molecule has 2 amide bonds. The Hall–Kier alpha value is -1.49. The number of hydrogen-bond donors (Lipinski definition) is 2. The topological polar surface area (TPSA) is 58.2 Å². The van der Waals surface area contributed by atoms with Gasteiger partial charge < -0.3 is 10.6 Å². The predicted molar refractivity (Wildman–Crippen MR) is 80.7 cm³/mol. The van der Waals surface area contributed by atoms with Crippen molar-refractivity contribution in [1.29, 1.82) is 0 Å². The van der Waals surface area contributed by atoms with E-state index in [2.05, 4.69) is 41.8 Å². The molecule has 4 nitrogen and oxygen atoms in total. The summed E-state index contributed by atoms with van der Waals surface area (Å²) in [5.74, 6) is 0.964. The Morgan fingerprint density at radius 2 is 2.15 bits per heavy atom. The van der Waals surface area contributed by atoms with Crippen LogP contribution in [-0.2, 0) is 16.0 Å². The quantitative estimate of drug-likeness (QED) is 0.785. The highest BCUT2D eigenvalue weighted by Crippen LogP contribution is 2.17. The molecule has 1 aliphatic rings. The fourth-order valence-electron chi connectivity index (χ4n) is 2.18. The number of carbonyl (C=O) groups excluding carboxylic acids is 2. The molecule has 0 aromatic heterocycles. The summed E-state index contributed by atoms with van der Waals surface area (Å²) in [5, 5.41) is 5.54. The van der Waals surface area contributed by atoms with Gasteiger partial charge in [0.25, 0.3) is 0 Å². The zero-order valence-electron chi connectivity index (χ0n) is 11.6. The Bertz CT molecular complexity index is 473. The zero-order chi connectivity index (χ0) is 14.4. The molecule has 5 heteroatoms. The van der Waals surface area contributed by atoms with Gasteiger partial charge in [-0.3, -0.25) is 9.59 Å². The van der Waals surface area contributed by atoms with Gasteiger partial charge in [-0.25, -0.2) is 0 Å². The molecule has 0 bridgehead atoms. The summed E-state index contributed by atoms with van der Waals surface area (Å²) in [6.45, 7) is 2.74. The monoisotopic (exact) mass is 292 g/mol. The van der Waals surface area contributed by atoms with Crippen LogP contribution in [0, 0.1) is 0 Å². The highest BCUT2D eigenvalue weighted by atomic mass is 32.2. The molecular formula is C15H20N2O2S. The Morgan fingerprint density at radius 3 is 2.75 bits per heavy atom. The third-order valence-corrected chi connectivity index (χ3v) is 4.15. The van der Waals surface area contributed by atoms with Crippen molar-refractivity contribution >= 4 is 23.6 Å². The van der Waals surface area contributed by atoms with E-state index >= 15 is 0 Å². The largest absolute Gasteiger partial charge is 0.354 e. The minimum absolute atomic E-state index is 0.0332. The van der Waals surface area contributed by atoms with Crippen LogP contribution in [0.5, 0.6) is 0 Å². The standard InChI is InChI=1S/C15H20N2O2S/c1-2-20-12-5-3-11(4-6-12)9-10-16-15(19)13-7-8-14(18)17-13/h3-6,13H,2,7-10H2,1H3,(H,16,19)(H,17,18). The van der Waals surface area contributed by atoms with Gasteiger partial charge in [0.05, 0.1) is 0 Å². The Labute approximate surface area is 123 Å². The fourth-order valence-corrected chi connectivity index (χ4v) is 2.84. The van der Waals surface area contributed by atoms with E-state index in [1.807, 2.05) is 11.8 Å².